The highest BCUT2D eigenvalue weighted by atomic mass is 16.5. The second kappa shape index (κ2) is 10.3. The summed E-state index contributed by atoms with van der Waals surface area (Å²) in [5.41, 5.74) is 3.99. The molecule has 5 heteroatoms. The Kier molecular flexibility index (Phi) is 7.22. The summed E-state index contributed by atoms with van der Waals surface area (Å²) in [6, 6.07) is 25.3. The van der Waals surface area contributed by atoms with Gasteiger partial charge >= 0.3 is 0 Å². The van der Waals surface area contributed by atoms with E-state index in [0.717, 1.165) is 16.7 Å². The number of rotatable bonds is 8. The predicted octanol–water partition coefficient (Wildman–Crippen LogP) is 4.39. The van der Waals surface area contributed by atoms with E-state index in [1.807, 2.05) is 66.7 Å². The molecule has 0 unspecified atom stereocenters. The Morgan fingerprint density at radius 3 is 2.10 bits per heavy atom. The molecule has 0 aliphatic rings. The third-order valence-corrected chi connectivity index (χ3v) is 4.70. The Labute approximate surface area is 177 Å². The topological polar surface area (TPSA) is 58.6 Å². The van der Waals surface area contributed by atoms with Crippen LogP contribution in [-0.2, 0) is 16.0 Å². The summed E-state index contributed by atoms with van der Waals surface area (Å²) in [7, 11) is 3.50. The summed E-state index contributed by atoms with van der Waals surface area (Å²) >= 11 is 0. The van der Waals surface area contributed by atoms with E-state index < -0.39 is 0 Å². The third-order valence-electron chi connectivity index (χ3n) is 4.70. The maximum absolute atomic E-state index is 12.2. The molecule has 2 amide bonds. The van der Waals surface area contributed by atoms with Gasteiger partial charge in [-0.3, -0.25) is 9.59 Å². The molecule has 154 valence electrons. The van der Waals surface area contributed by atoms with Gasteiger partial charge in [-0.15, -0.1) is 0 Å². The molecule has 0 aliphatic carbocycles. The Balaban J connectivity index is 1.46. The van der Waals surface area contributed by atoms with Crippen LogP contribution in [-0.4, -0.2) is 37.4 Å². The van der Waals surface area contributed by atoms with Gasteiger partial charge in [0.25, 0.3) is 5.91 Å². The Morgan fingerprint density at radius 1 is 0.833 bits per heavy atom. The average molecular weight is 402 g/mol. The normalized spacial score (nSPS) is 10.3. The number of amides is 2. The highest BCUT2D eigenvalue weighted by molar-refractivity contribution is 5.91. The number of benzene rings is 3. The van der Waals surface area contributed by atoms with Crippen LogP contribution in [0.4, 0.5) is 5.69 Å². The minimum Gasteiger partial charge on any atom is -0.484 e. The zero-order chi connectivity index (χ0) is 21.3. The van der Waals surface area contributed by atoms with Crippen molar-refractivity contribution in [2.45, 2.75) is 12.8 Å². The molecule has 0 heterocycles. The standard InChI is InChI=1S/C25H26N2O3/c1-27(2)25(29)17-10-19-8-13-22(14-9-19)26-24(28)18-30-23-15-11-21(12-16-23)20-6-4-3-5-7-20/h3-9,11-16H,10,17-18H2,1-2H3,(H,26,28). The van der Waals surface area contributed by atoms with Crippen LogP contribution in [0.25, 0.3) is 11.1 Å². The minimum absolute atomic E-state index is 0.0657. The van der Waals surface area contributed by atoms with E-state index in [2.05, 4.69) is 17.4 Å². The van der Waals surface area contributed by atoms with Crippen molar-refractivity contribution in [2.24, 2.45) is 0 Å². The van der Waals surface area contributed by atoms with Crippen LogP contribution in [0.5, 0.6) is 5.75 Å². The van der Waals surface area contributed by atoms with Crippen LogP contribution >= 0.6 is 0 Å². The van der Waals surface area contributed by atoms with E-state index in [1.165, 1.54) is 0 Å². The van der Waals surface area contributed by atoms with Gasteiger partial charge in [-0.2, -0.15) is 0 Å². The molecule has 30 heavy (non-hydrogen) atoms. The van der Waals surface area contributed by atoms with Crippen molar-refractivity contribution in [1.29, 1.82) is 0 Å². The van der Waals surface area contributed by atoms with Crippen LogP contribution in [0.15, 0.2) is 78.9 Å². The molecule has 3 rings (SSSR count). The number of hydrogen-bond acceptors (Lipinski definition) is 3. The lowest BCUT2D eigenvalue weighted by atomic mass is 10.1. The number of hydrogen-bond donors (Lipinski definition) is 1. The van der Waals surface area contributed by atoms with Crippen LogP contribution in [0.2, 0.25) is 0 Å². The fraction of sp³-hybridized carbons (Fsp3) is 0.200. The van der Waals surface area contributed by atoms with Gasteiger partial charge in [-0.1, -0.05) is 54.6 Å². The molecular formula is C25H26N2O3. The van der Waals surface area contributed by atoms with Crippen molar-refractivity contribution in [3.05, 3.63) is 84.4 Å². The molecule has 0 bridgehead atoms. The molecule has 0 saturated carbocycles. The van der Waals surface area contributed by atoms with E-state index in [9.17, 15) is 9.59 Å². The lowest BCUT2D eigenvalue weighted by Crippen LogP contribution is -2.21. The molecular weight excluding hydrogens is 376 g/mol. The van der Waals surface area contributed by atoms with Gasteiger partial charge in [0.05, 0.1) is 0 Å². The van der Waals surface area contributed by atoms with Crippen molar-refractivity contribution < 1.29 is 14.3 Å². The number of ether oxygens (including phenoxy) is 1. The lowest BCUT2D eigenvalue weighted by molar-refractivity contribution is -0.128. The van der Waals surface area contributed by atoms with E-state index in [4.69, 9.17) is 4.74 Å². The van der Waals surface area contributed by atoms with Crippen LogP contribution < -0.4 is 10.1 Å². The molecule has 0 fully saturated rings. The molecule has 1 N–H and O–H groups in total. The summed E-state index contributed by atoms with van der Waals surface area (Å²) in [6.45, 7) is -0.0657. The Hall–Kier alpha value is -3.60. The first-order valence-corrected chi connectivity index (χ1v) is 9.88. The van der Waals surface area contributed by atoms with Gasteiger partial charge in [0.2, 0.25) is 5.91 Å². The van der Waals surface area contributed by atoms with E-state index in [-0.39, 0.29) is 18.4 Å². The molecule has 5 nitrogen and oxygen atoms in total. The van der Waals surface area contributed by atoms with Crippen molar-refractivity contribution in [3.63, 3.8) is 0 Å². The molecule has 0 aliphatic heterocycles. The first kappa shape index (κ1) is 21.1. The first-order chi connectivity index (χ1) is 14.5. The highest BCUT2D eigenvalue weighted by Crippen LogP contribution is 2.22. The van der Waals surface area contributed by atoms with Crippen molar-refractivity contribution >= 4 is 17.5 Å². The number of carbonyl (C=O) groups is 2. The second-order valence-electron chi connectivity index (χ2n) is 7.21. The highest BCUT2D eigenvalue weighted by Gasteiger charge is 2.07. The summed E-state index contributed by atoms with van der Waals surface area (Å²) < 4.78 is 5.59. The van der Waals surface area contributed by atoms with Gasteiger partial charge in [-0.05, 0) is 47.4 Å². The van der Waals surface area contributed by atoms with Crippen molar-refractivity contribution in [3.8, 4) is 16.9 Å². The predicted molar refractivity (Wildman–Crippen MR) is 119 cm³/mol. The van der Waals surface area contributed by atoms with E-state index >= 15 is 0 Å². The van der Waals surface area contributed by atoms with Crippen LogP contribution in [0, 0.1) is 0 Å². The van der Waals surface area contributed by atoms with Crippen molar-refractivity contribution in [2.75, 3.05) is 26.0 Å². The van der Waals surface area contributed by atoms with Gasteiger partial charge < -0.3 is 15.0 Å². The average Bonchev–Trinajstić information content (AvgIpc) is 2.78. The molecule has 3 aromatic rings. The fourth-order valence-corrected chi connectivity index (χ4v) is 2.95. The number of anilines is 1. The minimum atomic E-state index is -0.224. The number of nitrogens with one attached hydrogen (secondary N) is 1. The third kappa shape index (κ3) is 6.21. The molecule has 0 radical (unpaired) electrons. The molecule has 0 atom stereocenters. The van der Waals surface area contributed by atoms with E-state index in [0.29, 0.717) is 24.3 Å². The SMILES string of the molecule is CN(C)C(=O)CCc1ccc(NC(=O)COc2ccc(-c3ccccc3)cc2)cc1. The monoisotopic (exact) mass is 402 g/mol. The fourth-order valence-electron chi connectivity index (χ4n) is 2.95. The number of nitrogens with zero attached hydrogens (tertiary/aromatic N) is 1. The second-order valence-corrected chi connectivity index (χ2v) is 7.21. The molecule has 0 spiro atoms. The summed E-state index contributed by atoms with van der Waals surface area (Å²) in [4.78, 5) is 25.4. The smallest absolute Gasteiger partial charge is 0.262 e. The largest absolute Gasteiger partial charge is 0.484 e. The van der Waals surface area contributed by atoms with Gasteiger partial charge in [0.15, 0.2) is 6.61 Å². The summed E-state index contributed by atoms with van der Waals surface area (Å²) in [6.07, 6.45) is 1.14. The Morgan fingerprint density at radius 2 is 1.47 bits per heavy atom. The molecule has 0 aromatic heterocycles. The Bertz CT molecular complexity index is 966. The maximum Gasteiger partial charge on any atom is 0.262 e. The molecule has 0 saturated heterocycles. The number of carbonyl (C=O) groups excluding carboxylic acids is 2. The maximum atomic E-state index is 12.2. The van der Waals surface area contributed by atoms with Crippen molar-refractivity contribution in [1.82, 2.24) is 4.90 Å². The van der Waals surface area contributed by atoms with Gasteiger partial charge in [0.1, 0.15) is 5.75 Å². The van der Waals surface area contributed by atoms with Gasteiger partial charge in [-0.25, -0.2) is 0 Å². The van der Waals surface area contributed by atoms with Gasteiger partial charge in [0, 0.05) is 26.2 Å². The van der Waals surface area contributed by atoms with E-state index in [1.54, 1.807) is 19.0 Å². The molecule has 3 aromatic carbocycles. The summed E-state index contributed by atoms with van der Waals surface area (Å²) in [5, 5.41) is 2.82. The quantitative estimate of drug-likeness (QED) is 0.608. The zero-order valence-corrected chi connectivity index (χ0v) is 17.3. The van der Waals surface area contributed by atoms with Crippen LogP contribution in [0.1, 0.15) is 12.0 Å². The van der Waals surface area contributed by atoms with Crippen LogP contribution in [0.3, 0.4) is 0 Å². The number of aryl methyl sites for hydroxylation is 1. The first-order valence-electron chi connectivity index (χ1n) is 9.88. The zero-order valence-electron chi connectivity index (χ0n) is 17.3. The lowest BCUT2D eigenvalue weighted by Gasteiger charge is -2.11. The summed E-state index contributed by atoms with van der Waals surface area (Å²) in [5.74, 6) is 0.518.